The van der Waals surface area contributed by atoms with E-state index >= 15 is 0 Å². The summed E-state index contributed by atoms with van der Waals surface area (Å²) in [4.78, 5) is 12.7. The summed E-state index contributed by atoms with van der Waals surface area (Å²) in [6.07, 6.45) is -0.0685. The summed E-state index contributed by atoms with van der Waals surface area (Å²) in [7, 11) is 0. The summed E-state index contributed by atoms with van der Waals surface area (Å²) in [5.74, 6) is 0.103. The van der Waals surface area contributed by atoms with Gasteiger partial charge in [0.15, 0.2) is 0 Å². The van der Waals surface area contributed by atoms with E-state index in [4.69, 9.17) is 5.73 Å². The maximum atomic E-state index is 10.4. The van der Waals surface area contributed by atoms with Crippen molar-refractivity contribution in [2.45, 2.75) is 51.0 Å². The van der Waals surface area contributed by atoms with E-state index < -0.39 is 29.8 Å². The van der Waals surface area contributed by atoms with Crippen molar-refractivity contribution in [3.05, 3.63) is 17.3 Å². The summed E-state index contributed by atoms with van der Waals surface area (Å²) >= 11 is 1.46. The predicted molar refractivity (Wildman–Crippen MR) is 96.1 cm³/mol. The highest BCUT2D eigenvalue weighted by atomic mass is 32.1. The molecule has 2 heterocycles. The van der Waals surface area contributed by atoms with Crippen molar-refractivity contribution in [1.29, 1.82) is 0 Å². The fourth-order valence-corrected chi connectivity index (χ4v) is 4.00. The molecule has 1 fully saturated rings. The Kier molecular flexibility index (Phi) is 4.67. The molecule has 3 rings (SSSR count). The normalized spacial score (nSPS) is 26.8. The Morgan fingerprint density at radius 1 is 1.28 bits per heavy atom. The number of nitrogens with zero attached hydrogens (tertiary/aromatic N) is 3. The minimum Gasteiger partial charge on any atom is -0.390 e. The molecule has 9 heteroatoms. The van der Waals surface area contributed by atoms with Gasteiger partial charge in [0.05, 0.1) is 23.3 Å². The molecule has 0 aromatic carbocycles. The van der Waals surface area contributed by atoms with Crippen molar-refractivity contribution in [2.24, 2.45) is 5.92 Å². The highest BCUT2D eigenvalue weighted by Gasteiger charge is 2.47. The van der Waals surface area contributed by atoms with Gasteiger partial charge in [-0.15, -0.1) is 11.3 Å². The first kappa shape index (κ1) is 18.0. The Labute approximate surface area is 149 Å². The molecule has 2 aromatic heterocycles. The smallest absolute Gasteiger partial charge is 0.221 e. The number of hydrogen-bond donors (Lipinski definition) is 5. The Hall–Kier alpha value is -1.81. The minimum atomic E-state index is -1.10. The third kappa shape index (κ3) is 3.59. The lowest BCUT2D eigenvalue weighted by Crippen LogP contribution is -2.40. The van der Waals surface area contributed by atoms with Gasteiger partial charge in [0.1, 0.15) is 16.9 Å². The van der Waals surface area contributed by atoms with Crippen LogP contribution in [0.25, 0.3) is 10.6 Å². The molecule has 136 valence electrons. The number of nitrogens with two attached hydrogens (primary N) is 1. The third-order valence-corrected chi connectivity index (χ3v) is 5.56. The van der Waals surface area contributed by atoms with Crippen LogP contribution in [0.4, 0.5) is 11.8 Å². The molecule has 2 aromatic rings. The molecule has 1 aliphatic rings. The molecule has 0 saturated heterocycles. The average Bonchev–Trinajstić information content (AvgIpc) is 3.06. The number of aliphatic hydroxyl groups excluding tert-OH is 2. The molecule has 25 heavy (non-hydrogen) atoms. The fourth-order valence-electron chi connectivity index (χ4n) is 3.19. The molecule has 0 bridgehead atoms. The number of hydrogen-bond acceptors (Lipinski definition) is 9. The molecule has 8 nitrogen and oxygen atoms in total. The highest BCUT2D eigenvalue weighted by Crippen LogP contribution is 2.37. The second-order valence-electron chi connectivity index (χ2n) is 7.01. The molecule has 4 atom stereocenters. The van der Waals surface area contributed by atoms with Crippen molar-refractivity contribution >= 4 is 23.1 Å². The van der Waals surface area contributed by atoms with Crippen molar-refractivity contribution in [3.63, 3.8) is 0 Å². The summed E-state index contributed by atoms with van der Waals surface area (Å²) in [6, 6.07) is -0.472. The van der Waals surface area contributed by atoms with E-state index in [0.717, 1.165) is 10.7 Å². The molecule has 4 unspecified atom stereocenters. The van der Waals surface area contributed by atoms with Gasteiger partial charge in [-0.1, -0.05) is 0 Å². The zero-order valence-electron chi connectivity index (χ0n) is 14.3. The molecular formula is C16H23N5O3S. The first-order chi connectivity index (χ1) is 11.7. The van der Waals surface area contributed by atoms with Crippen LogP contribution in [0.5, 0.6) is 0 Å². The minimum absolute atomic E-state index is 0.103. The van der Waals surface area contributed by atoms with Gasteiger partial charge < -0.3 is 26.4 Å². The summed E-state index contributed by atoms with van der Waals surface area (Å²) in [5.41, 5.74) is 6.18. The van der Waals surface area contributed by atoms with Crippen LogP contribution in [0.15, 0.2) is 11.6 Å². The van der Waals surface area contributed by atoms with E-state index in [1.54, 1.807) is 20.0 Å². The summed E-state index contributed by atoms with van der Waals surface area (Å²) in [5, 5.41) is 36.7. The lowest BCUT2D eigenvalue weighted by molar-refractivity contribution is -0.0601. The van der Waals surface area contributed by atoms with E-state index in [-0.39, 0.29) is 5.95 Å². The van der Waals surface area contributed by atoms with Crippen LogP contribution in [0.2, 0.25) is 0 Å². The van der Waals surface area contributed by atoms with Crippen LogP contribution in [-0.2, 0) is 0 Å². The zero-order valence-corrected chi connectivity index (χ0v) is 15.2. The molecule has 6 N–H and O–H groups in total. The zero-order chi connectivity index (χ0) is 18.4. The van der Waals surface area contributed by atoms with Crippen molar-refractivity contribution in [1.82, 2.24) is 15.0 Å². The maximum Gasteiger partial charge on any atom is 0.221 e. The van der Waals surface area contributed by atoms with Crippen LogP contribution >= 0.6 is 11.3 Å². The number of thiazole rings is 1. The second kappa shape index (κ2) is 6.49. The fraction of sp³-hybridized carbons (Fsp3) is 0.562. The summed E-state index contributed by atoms with van der Waals surface area (Å²) < 4.78 is 0. The van der Waals surface area contributed by atoms with Crippen LogP contribution in [-0.4, -0.2) is 54.1 Å². The molecule has 1 saturated carbocycles. The average molecular weight is 365 g/mol. The standard InChI is InChI=1S/C16H23N5O3S/c1-7-6-25-14(19-7)8-5-18-15(17)21-13(8)20-10-4-9(16(2,3)24)11(22)12(10)23/h5-6,9-12,22-24H,4H2,1-3H3,(H3,17,18,20,21). The van der Waals surface area contributed by atoms with Gasteiger partial charge in [-0.05, 0) is 27.2 Å². The quantitative estimate of drug-likeness (QED) is 0.536. The van der Waals surface area contributed by atoms with Crippen LogP contribution in [0.1, 0.15) is 26.0 Å². The number of aliphatic hydroxyl groups is 3. The number of aromatic nitrogens is 3. The first-order valence-electron chi connectivity index (χ1n) is 8.07. The van der Waals surface area contributed by atoms with E-state index in [9.17, 15) is 15.3 Å². The largest absolute Gasteiger partial charge is 0.390 e. The number of anilines is 2. The van der Waals surface area contributed by atoms with Gasteiger partial charge in [0.2, 0.25) is 5.95 Å². The van der Waals surface area contributed by atoms with Gasteiger partial charge in [-0.25, -0.2) is 9.97 Å². The van der Waals surface area contributed by atoms with E-state index in [1.165, 1.54) is 11.3 Å². The van der Waals surface area contributed by atoms with Crippen molar-refractivity contribution < 1.29 is 15.3 Å². The van der Waals surface area contributed by atoms with E-state index in [1.807, 2.05) is 12.3 Å². The SMILES string of the molecule is Cc1csc(-c2cnc(N)nc2NC2CC(C(C)(C)O)C(O)C2O)n1. The number of aryl methyl sites for hydroxylation is 1. The lowest BCUT2D eigenvalue weighted by Gasteiger charge is -2.28. The highest BCUT2D eigenvalue weighted by molar-refractivity contribution is 7.13. The molecule has 0 aliphatic heterocycles. The Morgan fingerprint density at radius 3 is 2.56 bits per heavy atom. The van der Waals surface area contributed by atoms with Crippen LogP contribution < -0.4 is 11.1 Å². The van der Waals surface area contributed by atoms with Gasteiger partial charge in [-0.2, -0.15) is 4.98 Å². The third-order valence-electron chi connectivity index (χ3n) is 4.57. The number of nitrogens with one attached hydrogen (secondary N) is 1. The van der Waals surface area contributed by atoms with Crippen LogP contribution in [0.3, 0.4) is 0 Å². The van der Waals surface area contributed by atoms with E-state index in [2.05, 4.69) is 20.3 Å². The predicted octanol–water partition coefficient (Wildman–Crippen LogP) is 0.784. The Balaban J connectivity index is 1.89. The first-order valence-corrected chi connectivity index (χ1v) is 8.95. The van der Waals surface area contributed by atoms with Gasteiger partial charge in [0, 0.05) is 23.2 Å². The monoisotopic (exact) mass is 365 g/mol. The Morgan fingerprint density at radius 2 is 2.00 bits per heavy atom. The molecule has 0 radical (unpaired) electrons. The molecular weight excluding hydrogens is 342 g/mol. The van der Waals surface area contributed by atoms with Gasteiger partial charge in [-0.3, -0.25) is 0 Å². The topological polar surface area (TPSA) is 137 Å². The van der Waals surface area contributed by atoms with Gasteiger partial charge in [0.25, 0.3) is 0 Å². The van der Waals surface area contributed by atoms with Gasteiger partial charge >= 0.3 is 0 Å². The lowest BCUT2D eigenvalue weighted by atomic mass is 9.88. The number of rotatable bonds is 4. The van der Waals surface area contributed by atoms with Crippen molar-refractivity contribution in [3.8, 4) is 10.6 Å². The summed E-state index contributed by atoms with van der Waals surface area (Å²) in [6.45, 7) is 5.15. The van der Waals surface area contributed by atoms with Crippen LogP contribution in [0, 0.1) is 12.8 Å². The molecule has 1 aliphatic carbocycles. The second-order valence-corrected chi connectivity index (χ2v) is 7.87. The van der Waals surface area contributed by atoms with Crippen molar-refractivity contribution in [2.75, 3.05) is 11.1 Å². The Bertz CT molecular complexity index is 760. The van der Waals surface area contributed by atoms with E-state index in [0.29, 0.717) is 17.8 Å². The molecule has 0 spiro atoms. The number of nitrogen functional groups attached to an aromatic ring is 1. The maximum absolute atomic E-state index is 10.4. The molecule has 0 amide bonds.